The maximum absolute atomic E-state index is 12.9. The topological polar surface area (TPSA) is 224 Å². The van der Waals surface area contributed by atoms with Gasteiger partial charge in [-0.3, -0.25) is 13.6 Å². The number of nitrogens with zero attached hydrogens (tertiary/aromatic N) is 3. The second kappa shape index (κ2) is 9.66. The second-order valence-corrected chi connectivity index (χ2v) is 12.5. The van der Waals surface area contributed by atoms with Gasteiger partial charge in [0.1, 0.15) is 23.4 Å². The molecule has 0 aliphatic carbocycles. The van der Waals surface area contributed by atoms with Crippen LogP contribution in [0.2, 0.25) is 0 Å². The van der Waals surface area contributed by atoms with E-state index in [2.05, 4.69) is 27.6 Å². The van der Waals surface area contributed by atoms with E-state index in [0.29, 0.717) is 11.0 Å². The van der Waals surface area contributed by atoms with Gasteiger partial charge in [-0.15, -0.1) is 0 Å². The number of phosphoric ester groups is 1. The summed E-state index contributed by atoms with van der Waals surface area (Å²) in [6.45, 7) is 2.92. The van der Waals surface area contributed by atoms with E-state index in [1.807, 2.05) is 0 Å². The number of fused-ring (bicyclic) bond motifs is 1. The number of nitrogens with two attached hydrogens (primary N) is 1. The molecule has 192 valence electrons. The van der Waals surface area contributed by atoms with Crippen molar-refractivity contribution in [3.63, 3.8) is 0 Å². The number of nitrogen functional groups attached to an aromatic ring is 1. The summed E-state index contributed by atoms with van der Waals surface area (Å²) in [5.41, 5.74) is 4.82. The first kappa shape index (κ1) is 27.3. The molecule has 6 unspecified atom stereocenters. The Bertz CT molecular complexity index is 1180. The Kier molecular flexibility index (Phi) is 7.77. The summed E-state index contributed by atoms with van der Waals surface area (Å²) in [5.74, 6) is 0.243. The van der Waals surface area contributed by atoms with Gasteiger partial charge in [0.2, 0.25) is 0 Å². The zero-order chi connectivity index (χ0) is 25.5. The standard InChI is InChI=1S/C15H25N4O12P3/c1-9(29-33(24,26-3)31-34(25,27-4)30-32(21,22)23)11-7-15(2,20)14(28-11)19-6-5-10-12(16)17-8-18-13(10)19/h5-6,8-9,11,14,20H,7H2,1-4H3,(H2,16,17,18)(H2,21,22,23). The fourth-order valence-electron chi connectivity index (χ4n) is 3.39. The zero-order valence-electron chi connectivity index (χ0n) is 18.4. The number of aromatic nitrogens is 3. The minimum atomic E-state index is -5.36. The molecule has 6 atom stereocenters. The first-order chi connectivity index (χ1) is 15.6. The van der Waals surface area contributed by atoms with Gasteiger partial charge in [0, 0.05) is 26.8 Å². The van der Waals surface area contributed by atoms with Crippen molar-refractivity contribution in [1.29, 1.82) is 0 Å². The molecule has 2 aromatic heterocycles. The third-order valence-electron chi connectivity index (χ3n) is 4.92. The van der Waals surface area contributed by atoms with E-state index in [1.54, 1.807) is 16.8 Å². The summed E-state index contributed by atoms with van der Waals surface area (Å²) >= 11 is 0. The number of rotatable bonds is 10. The van der Waals surface area contributed by atoms with Gasteiger partial charge >= 0.3 is 23.5 Å². The number of hydrogen-bond donors (Lipinski definition) is 4. The molecular formula is C15H25N4O12P3. The summed E-state index contributed by atoms with van der Waals surface area (Å²) in [5, 5.41) is 11.6. The van der Waals surface area contributed by atoms with Crippen LogP contribution in [-0.4, -0.2) is 61.5 Å². The predicted molar refractivity (Wildman–Crippen MR) is 115 cm³/mol. The van der Waals surface area contributed by atoms with E-state index in [9.17, 15) is 18.8 Å². The molecule has 3 rings (SSSR count). The highest BCUT2D eigenvalue weighted by molar-refractivity contribution is 7.67. The number of hydrogen-bond acceptors (Lipinski definition) is 13. The number of aliphatic hydroxyl groups is 1. The molecule has 0 bridgehead atoms. The van der Waals surface area contributed by atoms with Crippen LogP contribution in [0.3, 0.4) is 0 Å². The minimum Gasteiger partial charge on any atom is -0.385 e. The molecule has 2 aromatic rings. The van der Waals surface area contributed by atoms with Gasteiger partial charge in [-0.2, -0.15) is 8.62 Å². The number of ether oxygens (including phenoxy) is 1. The smallest absolute Gasteiger partial charge is 0.385 e. The third-order valence-corrected chi connectivity index (χ3v) is 9.65. The fraction of sp³-hybridized carbons (Fsp3) is 0.600. The van der Waals surface area contributed by atoms with E-state index >= 15 is 0 Å². The molecule has 34 heavy (non-hydrogen) atoms. The molecule has 0 aromatic carbocycles. The summed E-state index contributed by atoms with van der Waals surface area (Å²) < 4.78 is 66.7. The fourth-order valence-corrected chi connectivity index (χ4v) is 7.38. The molecule has 1 aliphatic rings. The van der Waals surface area contributed by atoms with Gasteiger partial charge < -0.3 is 29.9 Å². The molecule has 1 fully saturated rings. The van der Waals surface area contributed by atoms with Crippen molar-refractivity contribution in [2.45, 2.75) is 44.3 Å². The first-order valence-electron chi connectivity index (χ1n) is 9.55. The van der Waals surface area contributed by atoms with E-state index in [1.165, 1.54) is 20.2 Å². The van der Waals surface area contributed by atoms with Crippen LogP contribution in [0.4, 0.5) is 5.82 Å². The summed E-state index contributed by atoms with van der Waals surface area (Å²) in [4.78, 5) is 25.9. The Morgan fingerprint density at radius 3 is 2.44 bits per heavy atom. The average Bonchev–Trinajstić information content (AvgIpc) is 3.27. The van der Waals surface area contributed by atoms with E-state index < -0.39 is 47.5 Å². The Labute approximate surface area is 193 Å². The zero-order valence-corrected chi connectivity index (χ0v) is 21.1. The van der Waals surface area contributed by atoms with Crippen molar-refractivity contribution in [3.05, 3.63) is 18.6 Å². The molecule has 1 aliphatic heterocycles. The summed E-state index contributed by atoms with van der Waals surface area (Å²) in [7, 11) is -13.5. The largest absolute Gasteiger partial charge is 0.492 e. The highest BCUT2D eigenvalue weighted by Gasteiger charge is 2.50. The SMILES string of the molecule is COP(=O)(OC(C)C1CC(C)(O)C(n2ccc3c(N)ncnc32)O1)OP(=O)(OC)OP(=O)(O)O. The predicted octanol–water partition coefficient (Wildman–Crippen LogP) is 2.09. The van der Waals surface area contributed by atoms with Crippen LogP contribution in [0.15, 0.2) is 18.6 Å². The Morgan fingerprint density at radius 2 is 1.85 bits per heavy atom. The van der Waals surface area contributed by atoms with Crippen LogP contribution in [0.1, 0.15) is 26.5 Å². The highest BCUT2D eigenvalue weighted by Crippen LogP contribution is 2.70. The molecule has 1 saturated heterocycles. The molecule has 19 heteroatoms. The third kappa shape index (κ3) is 5.93. The molecule has 16 nitrogen and oxygen atoms in total. The van der Waals surface area contributed by atoms with E-state index in [-0.39, 0.29) is 12.2 Å². The van der Waals surface area contributed by atoms with Gasteiger partial charge in [-0.05, 0) is 19.9 Å². The maximum atomic E-state index is 12.9. The lowest BCUT2D eigenvalue weighted by molar-refractivity contribution is -0.0952. The number of anilines is 1. The molecule has 0 amide bonds. The van der Waals surface area contributed by atoms with Gasteiger partial charge in [-0.1, -0.05) is 0 Å². The minimum absolute atomic E-state index is 0.0102. The van der Waals surface area contributed by atoms with Gasteiger partial charge in [0.25, 0.3) is 0 Å². The average molecular weight is 546 g/mol. The Hall–Kier alpha value is -1.25. The summed E-state index contributed by atoms with van der Waals surface area (Å²) in [6, 6.07) is 1.66. The molecule has 0 spiro atoms. The lowest BCUT2D eigenvalue weighted by Gasteiger charge is -2.26. The van der Waals surface area contributed by atoms with Crippen LogP contribution in [-0.2, 0) is 40.6 Å². The highest BCUT2D eigenvalue weighted by atomic mass is 31.3. The molecule has 0 saturated carbocycles. The normalized spacial score (nSPS) is 28.0. The van der Waals surface area contributed by atoms with Crippen LogP contribution in [0.5, 0.6) is 0 Å². The summed E-state index contributed by atoms with van der Waals surface area (Å²) in [6.07, 6.45) is -0.0935. The second-order valence-electron chi connectivity index (χ2n) is 7.53. The number of phosphoric acid groups is 3. The molecular weight excluding hydrogens is 521 g/mol. The van der Waals surface area contributed by atoms with Crippen molar-refractivity contribution < 1.29 is 55.5 Å². The lowest BCUT2D eigenvalue weighted by atomic mass is 9.98. The lowest BCUT2D eigenvalue weighted by Crippen LogP contribution is -2.32. The maximum Gasteiger partial charge on any atom is 0.492 e. The van der Waals surface area contributed by atoms with Crippen molar-refractivity contribution in [1.82, 2.24) is 14.5 Å². The molecule has 5 N–H and O–H groups in total. The van der Waals surface area contributed by atoms with Crippen molar-refractivity contribution >= 4 is 40.3 Å². The van der Waals surface area contributed by atoms with Crippen LogP contribution < -0.4 is 5.73 Å². The van der Waals surface area contributed by atoms with Gasteiger partial charge in [-0.25, -0.2) is 23.7 Å². The monoisotopic (exact) mass is 546 g/mol. The molecule has 3 heterocycles. The van der Waals surface area contributed by atoms with Crippen molar-refractivity contribution in [2.24, 2.45) is 0 Å². The van der Waals surface area contributed by atoms with Crippen molar-refractivity contribution in [3.8, 4) is 0 Å². The van der Waals surface area contributed by atoms with E-state index in [4.69, 9.17) is 24.8 Å². The van der Waals surface area contributed by atoms with Crippen molar-refractivity contribution in [2.75, 3.05) is 20.0 Å². The van der Waals surface area contributed by atoms with Crippen LogP contribution in [0.25, 0.3) is 11.0 Å². The van der Waals surface area contributed by atoms with E-state index in [0.717, 1.165) is 14.2 Å². The molecule has 0 radical (unpaired) electrons. The first-order valence-corrected chi connectivity index (χ1v) is 14.0. The Morgan fingerprint density at radius 1 is 1.21 bits per heavy atom. The van der Waals surface area contributed by atoms with Crippen LogP contribution in [0, 0.1) is 0 Å². The van der Waals surface area contributed by atoms with Gasteiger partial charge in [0.05, 0.1) is 17.6 Å². The van der Waals surface area contributed by atoms with Crippen LogP contribution >= 0.6 is 23.5 Å². The Balaban J connectivity index is 1.79. The quantitative estimate of drug-likeness (QED) is 0.313. The van der Waals surface area contributed by atoms with Gasteiger partial charge in [0.15, 0.2) is 6.23 Å².